The fraction of sp³-hybridized carbons (Fsp3) is 0.435. The van der Waals surface area contributed by atoms with Gasteiger partial charge in [0.15, 0.2) is 0 Å². The first-order valence-electron chi connectivity index (χ1n) is 10.4. The van der Waals surface area contributed by atoms with Crippen molar-refractivity contribution in [3.8, 4) is 11.5 Å². The molecule has 6 nitrogen and oxygen atoms in total. The quantitative estimate of drug-likeness (QED) is 0.564. The van der Waals surface area contributed by atoms with Crippen LogP contribution in [0.3, 0.4) is 0 Å². The minimum Gasteiger partial charge on any atom is -0.497 e. The fourth-order valence-corrected chi connectivity index (χ4v) is 4.48. The van der Waals surface area contributed by atoms with E-state index >= 15 is 0 Å². The van der Waals surface area contributed by atoms with Gasteiger partial charge in [-0.15, -0.1) is 0 Å². The Kier molecular flexibility index (Phi) is 5.99. The lowest BCUT2D eigenvalue weighted by Gasteiger charge is -2.32. The van der Waals surface area contributed by atoms with Crippen LogP contribution in [0, 0.1) is 11.8 Å². The Morgan fingerprint density at radius 2 is 1.60 bits per heavy atom. The Morgan fingerprint density at radius 1 is 0.967 bits per heavy atom. The third-order valence-corrected chi connectivity index (χ3v) is 7.05. The van der Waals surface area contributed by atoms with Crippen molar-refractivity contribution in [3.05, 3.63) is 54.1 Å². The predicted molar refractivity (Wildman–Crippen MR) is 113 cm³/mol. The van der Waals surface area contributed by atoms with E-state index in [0.29, 0.717) is 18.2 Å². The third kappa shape index (κ3) is 4.95. The normalized spacial score (nSPS) is 16.6. The average Bonchev–Trinajstić information content (AvgIpc) is 3.51. The van der Waals surface area contributed by atoms with E-state index in [2.05, 4.69) is 0 Å². The van der Waals surface area contributed by atoms with Crippen LogP contribution in [0.25, 0.3) is 0 Å². The van der Waals surface area contributed by atoms with Gasteiger partial charge in [0.1, 0.15) is 16.4 Å². The van der Waals surface area contributed by atoms with Crippen LogP contribution in [0.2, 0.25) is 0 Å². The molecule has 4 rings (SSSR count). The molecule has 160 valence electrons. The van der Waals surface area contributed by atoms with Gasteiger partial charge in [-0.05, 0) is 73.6 Å². The van der Waals surface area contributed by atoms with Crippen LogP contribution in [-0.2, 0) is 21.5 Å². The lowest BCUT2D eigenvalue weighted by atomic mass is 9.84. The average molecular weight is 430 g/mol. The van der Waals surface area contributed by atoms with Gasteiger partial charge in [0.25, 0.3) is 0 Å². The summed E-state index contributed by atoms with van der Waals surface area (Å²) in [5, 5.41) is 0. The summed E-state index contributed by atoms with van der Waals surface area (Å²) >= 11 is 0. The molecule has 1 amide bonds. The fourth-order valence-electron chi connectivity index (χ4n) is 3.55. The van der Waals surface area contributed by atoms with Gasteiger partial charge in [0.05, 0.1) is 7.11 Å². The third-order valence-electron chi connectivity index (χ3n) is 5.79. The molecular weight excluding hydrogens is 402 g/mol. The van der Waals surface area contributed by atoms with Crippen LogP contribution in [0.1, 0.15) is 37.7 Å². The Labute approximate surface area is 177 Å². The largest absolute Gasteiger partial charge is 0.497 e. The summed E-state index contributed by atoms with van der Waals surface area (Å²) in [4.78, 5) is 14.8. The summed E-state index contributed by atoms with van der Waals surface area (Å²) in [6.45, 7) is 1.37. The number of ether oxygens (including phenoxy) is 1. The van der Waals surface area contributed by atoms with Gasteiger partial charge < -0.3 is 13.8 Å². The van der Waals surface area contributed by atoms with Gasteiger partial charge in [-0.25, -0.2) is 0 Å². The van der Waals surface area contributed by atoms with Crippen molar-refractivity contribution in [3.63, 3.8) is 0 Å². The van der Waals surface area contributed by atoms with Crippen molar-refractivity contribution in [1.82, 2.24) is 4.90 Å². The highest BCUT2D eigenvalue weighted by molar-refractivity contribution is 7.87. The molecule has 0 unspecified atom stereocenters. The molecule has 7 heteroatoms. The smallest absolute Gasteiger partial charge is 0.339 e. The molecule has 0 N–H and O–H groups in total. The highest BCUT2D eigenvalue weighted by Gasteiger charge is 2.33. The first-order chi connectivity index (χ1) is 14.4. The van der Waals surface area contributed by atoms with Crippen LogP contribution < -0.4 is 8.92 Å². The SMILES string of the molecule is COc1ccc(S(=O)(=O)Oc2ccc(CN(CC3CC3)C(=O)C3CCC3)cc2)cc1. The highest BCUT2D eigenvalue weighted by atomic mass is 32.2. The van der Waals surface area contributed by atoms with E-state index in [1.807, 2.05) is 17.0 Å². The first-order valence-corrected chi connectivity index (χ1v) is 11.8. The van der Waals surface area contributed by atoms with E-state index in [4.69, 9.17) is 8.92 Å². The summed E-state index contributed by atoms with van der Waals surface area (Å²) in [7, 11) is -2.40. The molecular formula is C23H27NO5S. The number of carbonyl (C=O) groups excluding carboxylic acids is 1. The van der Waals surface area contributed by atoms with Gasteiger partial charge in [-0.1, -0.05) is 18.6 Å². The van der Waals surface area contributed by atoms with Gasteiger partial charge >= 0.3 is 10.1 Å². The Bertz CT molecular complexity index is 977. The molecule has 2 aliphatic rings. The van der Waals surface area contributed by atoms with Crippen LogP contribution in [0.15, 0.2) is 53.4 Å². The van der Waals surface area contributed by atoms with Gasteiger partial charge in [-0.3, -0.25) is 4.79 Å². The summed E-state index contributed by atoms with van der Waals surface area (Å²) in [6.07, 6.45) is 5.53. The standard InChI is InChI=1S/C23H27NO5S/c1-28-20-11-13-22(14-12-20)30(26,27)29-21-9-7-18(8-10-21)16-24(15-17-5-6-17)23(25)19-3-2-4-19/h7-14,17,19H,2-6,15-16H2,1H3. The number of benzene rings is 2. The number of hydrogen-bond acceptors (Lipinski definition) is 5. The summed E-state index contributed by atoms with van der Waals surface area (Å²) < 4.78 is 35.3. The molecule has 0 saturated heterocycles. The zero-order valence-corrected chi connectivity index (χ0v) is 17.9. The molecule has 2 aromatic rings. The molecule has 0 spiro atoms. The van der Waals surface area contributed by atoms with E-state index < -0.39 is 10.1 Å². The Hall–Kier alpha value is -2.54. The summed E-state index contributed by atoms with van der Waals surface area (Å²) in [6, 6.07) is 13.0. The van der Waals surface area contributed by atoms with Crippen molar-refractivity contribution in [2.24, 2.45) is 11.8 Å². The van der Waals surface area contributed by atoms with E-state index in [-0.39, 0.29) is 22.5 Å². The molecule has 0 aromatic heterocycles. The van der Waals surface area contributed by atoms with E-state index in [1.165, 1.54) is 32.1 Å². The maximum atomic E-state index is 12.8. The van der Waals surface area contributed by atoms with Crippen molar-refractivity contribution in [2.75, 3.05) is 13.7 Å². The molecule has 0 atom stereocenters. The maximum absolute atomic E-state index is 12.8. The second-order valence-electron chi connectivity index (χ2n) is 8.15. The molecule has 0 bridgehead atoms. The van der Waals surface area contributed by atoms with Gasteiger partial charge in [0.2, 0.25) is 5.91 Å². The Morgan fingerprint density at radius 3 is 2.13 bits per heavy atom. The van der Waals surface area contributed by atoms with E-state index in [1.54, 1.807) is 24.3 Å². The lowest BCUT2D eigenvalue weighted by Crippen LogP contribution is -2.39. The van der Waals surface area contributed by atoms with Crippen molar-refractivity contribution < 1.29 is 22.1 Å². The molecule has 2 saturated carbocycles. The number of hydrogen-bond donors (Lipinski definition) is 0. The van der Waals surface area contributed by atoms with E-state index in [0.717, 1.165) is 31.4 Å². The van der Waals surface area contributed by atoms with E-state index in [9.17, 15) is 13.2 Å². The van der Waals surface area contributed by atoms with Crippen molar-refractivity contribution in [2.45, 2.75) is 43.5 Å². The molecule has 0 heterocycles. The van der Waals surface area contributed by atoms with Crippen LogP contribution in [0.5, 0.6) is 11.5 Å². The number of carbonyl (C=O) groups is 1. The van der Waals surface area contributed by atoms with Crippen LogP contribution in [0.4, 0.5) is 0 Å². The molecule has 30 heavy (non-hydrogen) atoms. The number of nitrogens with zero attached hydrogens (tertiary/aromatic N) is 1. The van der Waals surface area contributed by atoms with Crippen LogP contribution >= 0.6 is 0 Å². The lowest BCUT2D eigenvalue weighted by molar-refractivity contribution is -0.139. The number of rotatable bonds is 9. The highest BCUT2D eigenvalue weighted by Crippen LogP contribution is 2.34. The minimum atomic E-state index is -3.92. The van der Waals surface area contributed by atoms with Crippen molar-refractivity contribution in [1.29, 1.82) is 0 Å². The molecule has 2 aliphatic carbocycles. The maximum Gasteiger partial charge on any atom is 0.339 e. The number of amides is 1. The van der Waals surface area contributed by atoms with Crippen molar-refractivity contribution >= 4 is 16.0 Å². The summed E-state index contributed by atoms with van der Waals surface area (Å²) in [5.41, 5.74) is 0.970. The zero-order valence-electron chi connectivity index (χ0n) is 17.1. The molecule has 0 radical (unpaired) electrons. The van der Waals surface area contributed by atoms with Crippen LogP contribution in [-0.4, -0.2) is 32.9 Å². The summed E-state index contributed by atoms with van der Waals surface area (Å²) in [5.74, 6) is 1.89. The Balaban J connectivity index is 1.41. The second kappa shape index (κ2) is 8.68. The van der Waals surface area contributed by atoms with Gasteiger partial charge in [0, 0.05) is 19.0 Å². The molecule has 2 aromatic carbocycles. The minimum absolute atomic E-state index is 0.0640. The number of methoxy groups -OCH3 is 1. The monoisotopic (exact) mass is 429 g/mol. The first kappa shape index (κ1) is 20.7. The molecule has 0 aliphatic heterocycles. The second-order valence-corrected chi connectivity index (χ2v) is 9.69. The topological polar surface area (TPSA) is 72.9 Å². The van der Waals surface area contributed by atoms with Gasteiger partial charge in [-0.2, -0.15) is 8.42 Å². The zero-order chi connectivity index (χ0) is 21.1. The predicted octanol–water partition coefficient (Wildman–Crippen LogP) is 4.00. The molecule has 2 fully saturated rings.